The van der Waals surface area contributed by atoms with E-state index in [4.69, 9.17) is 10.00 Å². The van der Waals surface area contributed by atoms with E-state index in [0.29, 0.717) is 0 Å². The predicted molar refractivity (Wildman–Crippen MR) is 65.1 cm³/mol. The summed E-state index contributed by atoms with van der Waals surface area (Å²) in [6.45, 7) is 0.387. The highest BCUT2D eigenvalue weighted by Crippen LogP contribution is 2.30. The van der Waals surface area contributed by atoms with Crippen molar-refractivity contribution >= 4 is 11.7 Å². The predicted octanol–water partition coefficient (Wildman–Crippen LogP) is 1.88. The summed E-state index contributed by atoms with van der Waals surface area (Å²) >= 11 is 0. The lowest BCUT2D eigenvalue weighted by Gasteiger charge is -2.34. The molecule has 0 aliphatic carbocycles. The smallest absolute Gasteiger partial charge is 0.329 e. The van der Waals surface area contributed by atoms with Gasteiger partial charge in [0.05, 0.1) is 11.6 Å². The second-order valence-corrected chi connectivity index (χ2v) is 4.55. The van der Waals surface area contributed by atoms with Crippen LogP contribution in [0.3, 0.4) is 0 Å². The molecule has 0 bridgehead atoms. The maximum Gasteiger partial charge on any atom is 0.329 e. The number of nitrogens with one attached hydrogen (secondary N) is 1. The summed E-state index contributed by atoms with van der Waals surface area (Å²) in [5.41, 5.74) is -2.16. The van der Waals surface area contributed by atoms with Gasteiger partial charge in [0.2, 0.25) is 0 Å². The highest BCUT2D eigenvalue weighted by molar-refractivity contribution is 5.83. The van der Waals surface area contributed by atoms with Gasteiger partial charge in [-0.15, -0.1) is 0 Å². The molecule has 7 heteroatoms. The molecule has 0 unspecified atom stereocenters. The molecular formula is C13H12F2N2O3. The quantitative estimate of drug-likeness (QED) is 0.884. The highest BCUT2D eigenvalue weighted by atomic mass is 19.1. The van der Waals surface area contributed by atoms with E-state index in [0.717, 1.165) is 12.1 Å². The van der Waals surface area contributed by atoms with Crippen LogP contribution in [0.15, 0.2) is 12.1 Å². The Morgan fingerprint density at radius 1 is 1.35 bits per heavy atom. The molecule has 1 fully saturated rings. The molecule has 2 rings (SSSR count). The lowest BCUT2D eigenvalue weighted by atomic mass is 9.89. The number of carbonyl (C=O) groups is 1. The maximum absolute atomic E-state index is 13.8. The molecule has 1 saturated heterocycles. The molecule has 1 aliphatic heterocycles. The van der Waals surface area contributed by atoms with E-state index in [2.05, 4.69) is 5.32 Å². The van der Waals surface area contributed by atoms with Gasteiger partial charge in [0.1, 0.15) is 11.2 Å². The zero-order valence-electron chi connectivity index (χ0n) is 10.4. The Balaban J connectivity index is 2.37. The summed E-state index contributed by atoms with van der Waals surface area (Å²) < 4.78 is 32.7. The largest absolute Gasteiger partial charge is 0.480 e. The van der Waals surface area contributed by atoms with E-state index >= 15 is 0 Å². The molecular weight excluding hydrogens is 270 g/mol. The Hall–Kier alpha value is -2.20. The summed E-state index contributed by atoms with van der Waals surface area (Å²) in [6, 6.07) is 3.35. The third-order valence-corrected chi connectivity index (χ3v) is 3.29. The van der Waals surface area contributed by atoms with Crippen LogP contribution < -0.4 is 5.32 Å². The van der Waals surface area contributed by atoms with Crippen LogP contribution in [-0.4, -0.2) is 29.8 Å². The zero-order chi connectivity index (χ0) is 14.8. The van der Waals surface area contributed by atoms with E-state index in [1.54, 1.807) is 6.07 Å². The maximum atomic E-state index is 13.8. The minimum Gasteiger partial charge on any atom is -0.480 e. The number of benzene rings is 1. The summed E-state index contributed by atoms with van der Waals surface area (Å²) in [5, 5.41) is 20.4. The lowest BCUT2D eigenvalue weighted by Crippen LogP contribution is -2.50. The summed E-state index contributed by atoms with van der Waals surface area (Å²) in [7, 11) is 0. The van der Waals surface area contributed by atoms with Crippen molar-refractivity contribution in [3.05, 3.63) is 29.3 Å². The SMILES string of the molecule is N#Cc1cc(F)c(NC2(C(=O)O)CCOCC2)c(F)c1. The van der Waals surface area contributed by atoms with Crippen molar-refractivity contribution in [2.75, 3.05) is 18.5 Å². The summed E-state index contributed by atoms with van der Waals surface area (Å²) in [6.07, 6.45) is 0.197. The number of hydrogen-bond donors (Lipinski definition) is 2. The topological polar surface area (TPSA) is 82.4 Å². The number of nitriles is 1. The summed E-state index contributed by atoms with van der Waals surface area (Å²) in [5.74, 6) is -3.17. The fraction of sp³-hybridized carbons (Fsp3) is 0.385. The van der Waals surface area contributed by atoms with Crippen LogP contribution in [0.1, 0.15) is 18.4 Å². The average Bonchev–Trinajstić information content (AvgIpc) is 2.43. The zero-order valence-corrected chi connectivity index (χ0v) is 10.4. The van der Waals surface area contributed by atoms with Gasteiger partial charge in [-0.25, -0.2) is 13.6 Å². The lowest BCUT2D eigenvalue weighted by molar-refractivity contribution is -0.145. The molecule has 5 nitrogen and oxygen atoms in total. The molecule has 1 aliphatic rings. The molecule has 0 amide bonds. The first-order chi connectivity index (χ1) is 9.48. The van der Waals surface area contributed by atoms with Crippen molar-refractivity contribution in [2.45, 2.75) is 18.4 Å². The normalized spacial score (nSPS) is 17.2. The minimum absolute atomic E-state index is 0.0984. The van der Waals surface area contributed by atoms with Gasteiger partial charge in [0.15, 0.2) is 11.6 Å². The molecule has 20 heavy (non-hydrogen) atoms. The average molecular weight is 282 g/mol. The van der Waals surface area contributed by atoms with E-state index in [9.17, 15) is 18.7 Å². The molecule has 2 N–H and O–H groups in total. The van der Waals surface area contributed by atoms with Crippen molar-refractivity contribution in [3.63, 3.8) is 0 Å². The van der Waals surface area contributed by atoms with E-state index in [1.807, 2.05) is 0 Å². The van der Waals surface area contributed by atoms with Crippen LogP contribution >= 0.6 is 0 Å². The number of halogens is 2. The third kappa shape index (κ3) is 2.56. The number of hydrogen-bond acceptors (Lipinski definition) is 4. The van der Waals surface area contributed by atoms with Gasteiger partial charge in [-0.2, -0.15) is 5.26 Å². The van der Waals surface area contributed by atoms with Crippen molar-refractivity contribution in [2.24, 2.45) is 0 Å². The Labute approximate surface area is 113 Å². The Bertz CT molecular complexity index is 554. The highest BCUT2D eigenvalue weighted by Gasteiger charge is 2.41. The van der Waals surface area contributed by atoms with Crippen molar-refractivity contribution in [1.29, 1.82) is 5.26 Å². The molecule has 1 aromatic carbocycles. The van der Waals surface area contributed by atoms with Crippen LogP contribution in [-0.2, 0) is 9.53 Å². The number of anilines is 1. The number of carboxylic acid groups (broad SMARTS) is 1. The van der Waals surface area contributed by atoms with Gasteiger partial charge in [-0.05, 0) is 12.1 Å². The molecule has 0 radical (unpaired) electrons. The van der Waals surface area contributed by atoms with Gasteiger partial charge in [0.25, 0.3) is 0 Å². The van der Waals surface area contributed by atoms with Crippen molar-refractivity contribution < 1.29 is 23.4 Å². The standard InChI is InChI=1S/C13H12F2N2O3/c14-9-5-8(7-16)6-10(15)11(9)17-13(12(18)19)1-3-20-4-2-13/h5-6,17H,1-4H2,(H,18,19). The van der Waals surface area contributed by atoms with Crippen LogP contribution in [0, 0.1) is 23.0 Å². The first-order valence-electron chi connectivity index (χ1n) is 5.97. The number of carboxylic acids is 1. The Kier molecular flexibility index (Phi) is 3.86. The Morgan fingerprint density at radius 2 is 1.90 bits per heavy atom. The summed E-state index contributed by atoms with van der Waals surface area (Å²) in [4.78, 5) is 11.4. The Morgan fingerprint density at radius 3 is 2.35 bits per heavy atom. The van der Waals surface area contributed by atoms with Crippen molar-refractivity contribution in [3.8, 4) is 6.07 Å². The van der Waals surface area contributed by atoms with Gasteiger partial charge in [-0.3, -0.25) is 0 Å². The number of nitrogens with zero attached hydrogens (tertiary/aromatic N) is 1. The molecule has 106 valence electrons. The van der Waals surface area contributed by atoms with Crippen LogP contribution in [0.2, 0.25) is 0 Å². The van der Waals surface area contributed by atoms with Gasteiger partial charge in [-0.1, -0.05) is 0 Å². The van der Waals surface area contributed by atoms with Crippen LogP contribution in [0.25, 0.3) is 0 Å². The molecule has 1 heterocycles. The monoisotopic (exact) mass is 282 g/mol. The van der Waals surface area contributed by atoms with Gasteiger partial charge < -0.3 is 15.2 Å². The first-order valence-corrected chi connectivity index (χ1v) is 5.97. The first kappa shape index (κ1) is 14.2. The number of ether oxygens (including phenoxy) is 1. The molecule has 0 atom stereocenters. The fourth-order valence-corrected chi connectivity index (χ4v) is 2.11. The third-order valence-electron chi connectivity index (χ3n) is 3.29. The number of rotatable bonds is 3. The van der Waals surface area contributed by atoms with Crippen LogP contribution in [0.5, 0.6) is 0 Å². The minimum atomic E-state index is -1.46. The van der Waals surface area contributed by atoms with Gasteiger partial charge >= 0.3 is 5.97 Å². The molecule has 0 saturated carbocycles. The fourth-order valence-electron chi connectivity index (χ4n) is 2.11. The number of aliphatic carboxylic acids is 1. The van der Waals surface area contributed by atoms with Crippen molar-refractivity contribution in [1.82, 2.24) is 0 Å². The second-order valence-electron chi connectivity index (χ2n) is 4.55. The van der Waals surface area contributed by atoms with E-state index in [-0.39, 0.29) is 31.6 Å². The molecule has 0 spiro atoms. The second kappa shape index (κ2) is 5.43. The van der Waals surface area contributed by atoms with E-state index in [1.165, 1.54) is 0 Å². The molecule has 1 aromatic rings. The van der Waals surface area contributed by atoms with E-state index < -0.39 is 28.8 Å². The van der Waals surface area contributed by atoms with Gasteiger partial charge in [0, 0.05) is 26.1 Å². The molecule has 0 aromatic heterocycles. The van der Waals surface area contributed by atoms with Crippen LogP contribution in [0.4, 0.5) is 14.5 Å².